The van der Waals surface area contributed by atoms with Crippen molar-refractivity contribution in [3.63, 3.8) is 0 Å². The molecule has 1 fully saturated rings. The van der Waals surface area contributed by atoms with Gasteiger partial charge in [-0.3, -0.25) is 4.79 Å². The molecule has 1 unspecified atom stereocenters. The van der Waals surface area contributed by atoms with E-state index >= 15 is 0 Å². The third-order valence-electron chi connectivity index (χ3n) is 4.31. The molecule has 1 rings (SSSR count). The minimum atomic E-state index is -0.673. The largest absolute Gasteiger partial charge is 0.481 e. The Morgan fingerprint density at radius 3 is 2.45 bits per heavy atom. The summed E-state index contributed by atoms with van der Waals surface area (Å²) in [5.41, 5.74) is 0. The number of unbranched alkanes of at least 4 members (excludes halogenated alkanes) is 6. The number of aliphatic carboxylic acids is 1. The van der Waals surface area contributed by atoms with Crippen LogP contribution in [0.4, 0.5) is 0 Å². The molecule has 0 aliphatic carbocycles. The molecule has 0 spiro atoms. The first-order chi connectivity index (χ1) is 10.7. The summed E-state index contributed by atoms with van der Waals surface area (Å²) in [5, 5.41) is 8.69. The number of hydrogen-bond acceptors (Lipinski definition) is 3. The van der Waals surface area contributed by atoms with Crippen molar-refractivity contribution < 1.29 is 19.4 Å². The highest BCUT2D eigenvalue weighted by Gasteiger charge is 2.13. The van der Waals surface area contributed by atoms with Crippen molar-refractivity contribution in [3.8, 4) is 0 Å². The molecule has 130 valence electrons. The average molecular weight is 314 g/mol. The zero-order chi connectivity index (χ0) is 16.0. The fraction of sp³-hybridized carbons (Fsp3) is 0.944. The predicted molar refractivity (Wildman–Crippen MR) is 87.9 cm³/mol. The van der Waals surface area contributed by atoms with Crippen molar-refractivity contribution in [3.05, 3.63) is 0 Å². The number of ether oxygens (including phenoxy) is 2. The lowest BCUT2D eigenvalue weighted by Crippen LogP contribution is -2.22. The van der Waals surface area contributed by atoms with Crippen LogP contribution in [-0.2, 0) is 14.3 Å². The zero-order valence-electron chi connectivity index (χ0n) is 14.2. The quantitative estimate of drug-likeness (QED) is 0.498. The van der Waals surface area contributed by atoms with Crippen LogP contribution in [0.25, 0.3) is 0 Å². The summed E-state index contributed by atoms with van der Waals surface area (Å²) in [6.07, 6.45) is 13.5. The van der Waals surface area contributed by atoms with Gasteiger partial charge < -0.3 is 14.6 Å². The first-order valence-corrected chi connectivity index (χ1v) is 9.13. The second kappa shape index (κ2) is 12.9. The number of hydrogen-bond donors (Lipinski definition) is 1. The van der Waals surface area contributed by atoms with Crippen molar-refractivity contribution >= 4 is 5.97 Å². The minimum absolute atomic E-state index is 0.0570. The lowest BCUT2D eigenvalue weighted by Gasteiger charge is -2.22. The Kier molecular flexibility index (Phi) is 11.4. The maximum Gasteiger partial charge on any atom is 0.303 e. The molecule has 0 amide bonds. The SMILES string of the molecule is C[C@H](CCCCCCCCCOC1CCCCO1)CC(=O)O. The number of carbonyl (C=O) groups is 1. The Labute approximate surface area is 135 Å². The first-order valence-electron chi connectivity index (χ1n) is 9.13. The van der Waals surface area contributed by atoms with E-state index in [0.717, 1.165) is 38.9 Å². The molecule has 2 atom stereocenters. The number of carboxylic acids is 1. The molecule has 1 aliphatic rings. The second-order valence-electron chi connectivity index (χ2n) is 6.63. The van der Waals surface area contributed by atoms with Gasteiger partial charge in [-0.25, -0.2) is 0 Å². The van der Waals surface area contributed by atoms with Gasteiger partial charge in [0.2, 0.25) is 0 Å². The van der Waals surface area contributed by atoms with E-state index in [9.17, 15) is 4.79 Å². The van der Waals surface area contributed by atoms with Crippen molar-refractivity contribution in [2.24, 2.45) is 5.92 Å². The van der Waals surface area contributed by atoms with Gasteiger partial charge in [0.1, 0.15) is 0 Å². The Morgan fingerprint density at radius 1 is 1.14 bits per heavy atom. The van der Waals surface area contributed by atoms with Crippen molar-refractivity contribution in [2.75, 3.05) is 13.2 Å². The third kappa shape index (κ3) is 11.0. The van der Waals surface area contributed by atoms with Crippen LogP contribution in [0.2, 0.25) is 0 Å². The lowest BCUT2D eigenvalue weighted by atomic mass is 9.99. The lowest BCUT2D eigenvalue weighted by molar-refractivity contribution is -0.162. The molecular formula is C18H34O4. The van der Waals surface area contributed by atoms with Crippen LogP contribution in [0.1, 0.15) is 84.0 Å². The summed E-state index contributed by atoms with van der Waals surface area (Å²) in [6.45, 7) is 3.72. The van der Waals surface area contributed by atoms with Gasteiger partial charge in [-0.1, -0.05) is 51.9 Å². The third-order valence-corrected chi connectivity index (χ3v) is 4.31. The molecule has 0 aromatic rings. The average Bonchev–Trinajstić information content (AvgIpc) is 2.49. The standard InChI is InChI=1S/C18H34O4/c1-16(15-17(19)20)11-7-5-3-2-4-6-9-13-21-18-12-8-10-14-22-18/h16,18H,2-15H2,1H3,(H,19,20)/t16-,18?/m1/s1. The molecule has 4 heteroatoms. The van der Waals surface area contributed by atoms with E-state index in [2.05, 4.69) is 0 Å². The molecule has 1 heterocycles. The molecular weight excluding hydrogens is 280 g/mol. The summed E-state index contributed by atoms with van der Waals surface area (Å²) < 4.78 is 11.3. The van der Waals surface area contributed by atoms with Crippen LogP contribution < -0.4 is 0 Å². The second-order valence-corrected chi connectivity index (χ2v) is 6.63. The summed E-state index contributed by atoms with van der Waals surface area (Å²) >= 11 is 0. The van der Waals surface area contributed by atoms with Crippen molar-refractivity contribution in [2.45, 2.75) is 90.3 Å². The van der Waals surface area contributed by atoms with Crippen LogP contribution in [-0.4, -0.2) is 30.6 Å². The fourth-order valence-electron chi connectivity index (χ4n) is 2.94. The summed E-state index contributed by atoms with van der Waals surface area (Å²) in [7, 11) is 0. The molecule has 22 heavy (non-hydrogen) atoms. The molecule has 0 aromatic carbocycles. The van der Waals surface area contributed by atoms with Gasteiger partial charge in [-0.2, -0.15) is 0 Å². The van der Waals surface area contributed by atoms with Gasteiger partial charge in [0, 0.05) is 19.6 Å². The van der Waals surface area contributed by atoms with Crippen molar-refractivity contribution in [1.29, 1.82) is 0 Å². The first kappa shape index (κ1) is 19.4. The van der Waals surface area contributed by atoms with Crippen LogP contribution in [0.15, 0.2) is 0 Å². The Balaban J connectivity index is 1.77. The Hall–Kier alpha value is -0.610. The van der Waals surface area contributed by atoms with E-state index < -0.39 is 5.97 Å². The van der Waals surface area contributed by atoms with Gasteiger partial charge in [-0.05, 0) is 31.6 Å². The number of carboxylic acid groups (broad SMARTS) is 1. The fourth-order valence-corrected chi connectivity index (χ4v) is 2.94. The van der Waals surface area contributed by atoms with Gasteiger partial charge in [0.05, 0.1) is 0 Å². The summed E-state index contributed by atoms with van der Waals surface area (Å²) in [5.74, 6) is -0.356. The highest BCUT2D eigenvalue weighted by atomic mass is 16.7. The maximum atomic E-state index is 10.6. The van der Waals surface area contributed by atoms with Crippen LogP contribution in [0.3, 0.4) is 0 Å². The van der Waals surface area contributed by atoms with Gasteiger partial charge in [0.15, 0.2) is 6.29 Å². The van der Waals surface area contributed by atoms with Crippen LogP contribution >= 0.6 is 0 Å². The normalized spacial score (nSPS) is 20.0. The smallest absolute Gasteiger partial charge is 0.303 e. The molecule has 0 radical (unpaired) electrons. The molecule has 4 nitrogen and oxygen atoms in total. The van der Waals surface area contributed by atoms with E-state index in [-0.39, 0.29) is 6.29 Å². The van der Waals surface area contributed by atoms with Gasteiger partial charge in [0.25, 0.3) is 0 Å². The van der Waals surface area contributed by atoms with E-state index in [4.69, 9.17) is 14.6 Å². The van der Waals surface area contributed by atoms with Crippen LogP contribution in [0, 0.1) is 5.92 Å². The molecule has 0 saturated carbocycles. The highest BCUT2D eigenvalue weighted by molar-refractivity contribution is 5.66. The minimum Gasteiger partial charge on any atom is -0.481 e. The molecule has 1 saturated heterocycles. The zero-order valence-corrected chi connectivity index (χ0v) is 14.2. The highest BCUT2D eigenvalue weighted by Crippen LogP contribution is 2.16. The maximum absolute atomic E-state index is 10.6. The topological polar surface area (TPSA) is 55.8 Å². The monoisotopic (exact) mass is 314 g/mol. The molecule has 1 aliphatic heterocycles. The molecule has 0 bridgehead atoms. The van der Waals surface area contributed by atoms with Gasteiger partial charge >= 0.3 is 5.97 Å². The number of rotatable bonds is 13. The molecule has 1 N–H and O–H groups in total. The molecule has 0 aromatic heterocycles. The van der Waals surface area contributed by atoms with E-state index in [1.807, 2.05) is 6.92 Å². The summed E-state index contributed by atoms with van der Waals surface area (Å²) in [6, 6.07) is 0. The van der Waals surface area contributed by atoms with Crippen LogP contribution in [0.5, 0.6) is 0 Å². The van der Waals surface area contributed by atoms with E-state index in [1.54, 1.807) is 0 Å². The van der Waals surface area contributed by atoms with Gasteiger partial charge in [-0.15, -0.1) is 0 Å². The Morgan fingerprint density at radius 2 is 1.82 bits per heavy atom. The summed E-state index contributed by atoms with van der Waals surface area (Å²) in [4.78, 5) is 10.6. The predicted octanol–water partition coefficient (Wildman–Crippen LogP) is 4.76. The van der Waals surface area contributed by atoms with E-state index in [1.165, 1.54) is 44.9 Å². The Bertz CT molecular complexity index is 274. The van der Waals surface area contributed by atoms with E-state index in [0.29, 0.717) is 12.3 Å². The van der Waals surface area contributed by atoms with Crippen molar-refractivity contribution in [1.82, 2.24) is 0 Å².